The average Bonchev–Trinajstić information content (AvgIpc) is 3.28. The summed E-state index contributed by atoms with van der Waals surface area (Å²) < 4.78 is 27.1. The molecule has 29 heavy (non-hydrogen) atoms. The van der Waals surface area contributed by atoms with Crippen molar-refractivity contribution in [1.29, 1.82) is 0 Å². The summed E-state index contributed by atoms with van der Waals surface area (Å²) in [5, 5.41) is 0.380. The van der Waals surface area contributed by atoms with E-state index in [0.717, 1.165) is 31.7 Å². The van der Waals surface area contributed by atoms with E-state index in [4.69, 9.17) is 11.6 Å². The number of amides is 1. The molecule has 154 valence electrons. The monoisotopic (exact) mass is 434 g/mol. The third-order valence-electron chi connectivity index (χ3n) is 5.38. The lowest BCUT2D eigenvalue weighted by Crippen LogP contribution is -2.50. The molecule has 3 heterocycles. The number of halogens is 1. The van der Waals surface area contributed by atoms with Crippen molar-refractivity contribution in [3.63, 3.8) is 0 Å². The van der Waals surface area contributed by atoms with E-state index in [-0.39, 0.29) is 23.9 Å². The molecule has 0 bridgehead atoms. The van der Waals surface area contributed by atoms with Crippen LogP contribution in [0.25, 0.3) is 0 Å². The Morgan fingerprint density at radius 1 is 0.966 bits per heavy atom. The summed E-state index contributed by atoms with van der Waals surface area (Å²) in [6, 6.07) is 9.83. The van der Waals surface area contributed by atoms with Crippen LogP contribution in [0.4, 0.5) is 5.82 Å². The number of sulfonamides is 1. The molecular formula is C20H23ClN4O3S. The van der Waals surface area contributed by atoms with Crippen LogP contribution < -0.4 is 4.90 Å². The summed E-state index contributed by atoms with van der Waals surface area (Å²) in [5.41, 5.74) is 0.584. The molecule has 2 aromatic rings. The maximum atomic E-state index is 13.1. The van der Waals surface area contributed by atoms with Crippen LogP contribution in [0.15, 0.2) is 47.5 Å². The highest BCUT2D eigenvalue weighted by molar-refractivity contribution is 7.89. The van der Waals surface area contributed by atoms with Crippen molar-refractivity contribution < 1.29 is 13.2 Å². The van der Waals surface area contributed by atoms with Gasteiger partial charge in [-0.3, -0.25) is 4.79 Å². The molecule has 2 aliphatic rings. The number of benzene rings is 1. The number of pyridine rings is 1. The number of rotatable bonds is 4. The molecule has 4 rings (SSSR count). The maximum Gasteiger partial charge on any atom is 0.257 e. The first kappa shape index (κ1) is 20.1. The molecule has 0 unspecified atom stereocenters. The van der Waals surface area contributed by atoms with E-state index >= 15 is 0 Å². The molecule has 0 spiro atoms. The van der Waals surface area contributed by atoms with Gasteiger partial charge in [0.2, 0.25) is 10.0 Å². The van der Waals surface area contributed by atoms with E-state index in [0.29, 0.717) is 23.7 Å². The van der Waals surface area contributed by atoms with Crippen LogP contribution in [-0.2, 0) is 10.0 Å². The van der Waals surface area contributed by atoms with E-state index in [1.807, 2.05) is 0 Å². The summed E-state index contributed by atoms with van der Waals surface area (Å²) >= 11 is 5.95. The Bertz CT molecular complexity index is 1000. The zero-order valence-electron chi connectivity index (χ0n) is 16.0. The number of hydrogen-bond acceptors (Lipinski definition) is 5. The Morgan fingerprint density at radius 3 is 2.38 bits per heavy atom. The highest BCUT2D eigenvalue weighted by Crippen LogP contribution is 2.25. The highest BCUT2D eigenvalue weighted by Gasteiger charge is 2.32. The van der Waals surface area contributed by atoms with E-state index in [1.54, 1.807) is 35.4 Å². The minimum atomic E-state index is -3.63. The standard InChI is InChI=1S/C20H23ClN4O3S/c21-16-5-3-6-17(15-16)29(27,28)25-13-11-24(12-14-25)20(26)18-7-4-8-22-19(18)23-9-1-2-10-23/h3-8,15H,1-2,9-14H2. The summed E-state index contributed by atoms with van der Waals surface area (Å²) in [4.78, 5) is 21.6. The predicted octanol–water partition coefficient (Wildman–Crippen LogP) is 2.48. The fraction of sp³-hybridized carbons (Fsp3) is 0.400. The van der Waals surface area contributed by atoms with Crippen LogP contribution in [0.3, 0.4) is 0 Å². The lowest BCUT2D eigenvalue weighted by atomic mass is 10.2. The van der Waals surface area contributed by atoms with Crippen molar-refractivity contribution >= 4 is 33.3 Å². The van der Waals surface area contributed by atoms with Gasteiger partial charge in [-0.15, -0.1) is 0 Å². The van der Waals surface area contributed by atoms with Gasteiger partial charge in [0.1, 0.15) is 5.82 Å². The molecule has 0 aliphatic carbocycles. The van der Waals surface area contributed by atoms with Gasteiger partial charge in [0.15, 0.2) is 0 Å². The van der Waals surface area contributed by atoms with E-state index in [2.05, 4.69) is 9.88 Å². The normalized spacial score (nSPS) is 18.2. The molecule has 7 nitrogen and oxygen atoms in total. The number of aromatic nitrogens is 1. The molecule has 9 heteroatoms. The van der Waals surface area contributed by atoms with Gasteiger partial charge in [-0.25, -0.2) is 13.4 Å². The summed E-state index contributed by atoms with van der Waals surface area (Å²) in [6.07, 6.45) is 3.91. The van der Waals surface area contributed by atoms with Crippen molar-refractivity contribution in [2.45, 2.75) is 17.7 Å². The Morgan fingerprint density at radius 2 is 1.69 bits per heavy atom. The number of carbonyl (C=O) groups excluding carboxylic acids is 1. The average molecular weight is 435 g/mol. The Hall–Kier alpha value is -2.16. The molecule has 0 N–H and O–H groups in total. The fourth-order valence-electron chi connectivity index (χ4n) is 3.82. The van der Waals surface area contributed by atoms with Gasteiger partial charge in [-0.1, -0.05) is 17.7 Å². The van der Waals surface area contributed by atoms with Crippen molar-refractivity contribution in [1.82, 2.24) is 14.2 Å². The second-order valence-corrected chi connectivity index (χ2v) is 9.60. The molecule has 0 radical (unpaired) electrons. The van der Waals surface area contributed by atoms with Gasteiger partial charge >= 0.3 is 0 Å². The molecule has 0 atom stereocenters. The SMILES string of the molecule is O=C(c1cccnc1N1CCCC1)N1CCN(S(=O)(=O)c2cccc(Cl)c2)CC1. The van der Waals surface area contributed by atoms with E-state index in [9.17, 15) is 13.2 Å². The van der Waals surface area contributed by atoms with Gasteiger partial charge in [-0.05, 0) is 43.2 Å². The van der Waals surface area contributed by atoms with Crippen molar-refractivity contribution in [3.8, 4) is 0 Å². The third kappa shape index (κ3) is 4.10. The van der Waals surface area contributed by atoms with Crippen LogP contribution >= 0.6 is 11.6 Å². The summed E-state index contributed by atoms with van der Waals surface area (Å²) in [5.74, 6) is 0.629. The Balaban J connectivity index is 1.47. The van der Waals surface area contributed by atoms with Gasteiger partial charge < -0.3 is 9.80 Å². The first-order chi connectivity index (χ1) is 14.0. The van der Waals surface area contributed by atoms with Crippen LogP contribution in [-0.4, -0.2) is 67.8 Å². The Kier molecular flexibility index (Phi) is 5.76. The Labute approximate surface area is 175 Å². The molecule has 2 fully saturated rings. The molecule has 1 aromatic carbocycles. The predicted molar refractivity (Wildman–Crippen MR) is 112 cm³/mol. The number of nitrogens with zero attached hydrogens (tertiary/aromatic N) is 4. The molecule has 1 amide bonds. The van der Waals surface area contributed by atoms with Gasteiger partial charge in [0, 0.05) is 50.5 Å². The number of piperazine rings is 1. The van der Waals surface area contributed by atoms with Gasteiger partial charge in [-0.2, -0.15) is 4.31 Å². The zero-order chi connectivity index (χ0) is 20.4. The quantitative estimate of drug-likeness (QED) is 0.739. The van der Waals surface area contributed by atoms with Crippen LogP contribution in [0.5, 0.6) is 0 Å². The minimum absolute atomic E-state index is 0.0974. The maximum absolute atomic E-state index is 13.1. The van der Waals surface area contributed by atoms with Crippen LogP contribution in [0, 0.1) is 0 Å². The first-order valence-electron chi connectivity index (χ1n) is 9.72. The van der Waals surface area contributed by atoms with E-state index in [1.165, 1.54) is 16.4 Å². The molecule has 2 saturated heterocycles. The largest absolute Gasteiger partial charge is 0.356 e. The van der Waals surface area contributed by atoms with Crippen molar-refractivity contribution in [2.24, 2.45) is 0 Å². The smallest absolute Gasteiger partial charge is 0.257 e. The number of carbonyl (C=O) groups is 1. The molecule has 0 saturated carbocycles. The first-order valence-corrected chi connectivity index (χ1v) is 11.5. The number of hydrogen-bond donors (Lipinski definition) is 0. The van der Waals surface area contributed by atoms with E-state index < -0.39 is 10.0 Å². The van der Waals surface area contributed by atoms with Crippen molar-refractivity contribution in [3.05, 3.63) is 53.2 Å². The second-order valence-electron chi connectivity index (χ2n) is 7.22. The van der Waals surface area contributed by atoms with Crippen LogP contribution in [0.2, 0.25) is 5.02 Å². The lowest BCUT2D eigenvalue weighted by molar-refractivity contribution is 0.0698. The van der Waals surface area contributed by atoms with Gasteiger partial charge in [0.25, 0.3) is 5.91 Å². The number of anilines is 1. The van der Waals surface area contributed by atoms with Crippen LogP contribution in [0.1, 0.15) is 23.2 Å². The minimum Gasteiger partial charge on any atom is -0.356 e. The topological polar surface area (TPSA) is 73.8 Å². The third-order valence-corrected chi connectivity index (χ3v) is 7.51. The lowest BCUT2D eigenvalue weighted by Gasteiger charge is -2.34. The second kappa shape index (κ2) is 8.30. The van der Waals surface area contributed by atoms with Crippen molar-refractivity contribution in [2.75, 3.05) is 44.2 Å². The molecule has 2 aliphatic heterocycles. The summed E-state index contributed by atoms with van der Waals surface area (Å²) in [6.45, 7) is 2.99. The van der Waals surface area contributed by atoms with Gasteiger partial charge in [0.05, 0.1) is 10.5 Å². The fourth-order valence-corrected chi connectivity index (χ4v) is 5.55. The summed E-state index contributed by atoms with van der Waals surface area (Å²) in [7, 11) is -3.63. The molecule has 1 aromatic heterocycles. The highest BCUT2D eigenvalue weighted by atomic mass is 35.5. The zero-order valence-corrected chi connectivity index (χ0v) is 17.6. The molecular weight excluding hydrogens is 412 g/mol.